The molecule has 0 fully saturated rings. The van der Waals surface area contributed by atoms with Crippen LogP contribution in [0.4, 0.5) is 24.8 Å². The fourth-order valence-corrected chi connectivity index (χ4v) is 2.06. The molecule has 0 saturated heterocycles. The van der Waals surface area contributed by atoms with E-state index in [1.807, 2.05) is 0 Å². The lowest BCUT2D eigenvalue weighted by Crippen LogP contribution is -2.10. The van der Waals surface area contributed by atoms with Crippen LogP contribution in [-0.2, 0) is 6.18 Å². The Balaban J connectivity index is 1.96. The standard InChI is InChI=1S/C16H10F3N5O/c17-16(18,19)15-22-6-10(7-23-15)12-5-14(21-8-11(12)9-25)24-13-3-1-2-4-20-13/h1-9H,(H,20,21,24). The molecule has 0 aliphatic heterocycles. The molecule has 0 amide bonds. The first-order valence-corrected chi connectivity index (χ1v) is 7.00. The molecule has 3 rings (SSSR count). The molecule has 0 aliphatic rings. The zero-order valence-electron chi connectivity index (χ0n) is 12.5. The molecule has 0 aliphatic carbocycles. The molecular weight excluding hydrogens is 335 g/mol. The smallest absolute Gasteiger partial charge is 0.325 e. The average Bonchev–Trinajstić information content (AvgIpc) is 2.62. The van der Waals surface area contributed by atoms with Crippen molar-refractivity contribution in [3.05, 3.63) is 60.4 Å². The van der Waals surface area contributed by atoms with E-state index in [-0.39, 0.29) is 11.1 Å². The van der Waals surface area contributed by atoms with Gasteiger partial charge in [0.2, 0.25) is 5.82 Å². The number of hydrogen-bond acceptors (Lipinski definition) is 6. The predicted octanol–water partition coefficient (Wildman–Crippen LogP) is 3.51. The van der Waals surface area contributed by atoms with Gasteiger partial charge in [0, 0.05) is 41.5 Å². The maximum absolute atomic E-state index is 12.6. The molecule has 0 spiro atoms. The third-order valence-electron chi connectivity index (χ3n) is 3.20. The molecule has 0 unspecified atom stereocenters. The van der Waals surface area contributed by atoms with Crippen LogP contribution in [0.15, 0.2) is 49.1 Å². The van der Waals surface area contributed by atoms with Crippen LogP contribution in [0.5, 0.6) is 0 Å². The van der Waals surface area contributed by atoms with Crippen molar-refractivity contribution in [2.75, 3.05) is 5.32 Å². The first-order chi connectivity index (χ1) is 12.0. The van der Waals surface area contributed by atoms with E-state index in [1.54, 1.807) is 24.4 Å². The molecule has 3 aromatic rings. The number of rotatable bonds is 4. The highest BCUT2D eigenvalue weighted by atomic mass is 19.4. The quantitative estimate of drug-likeness (QED) is 0.729. The molecule has 126 valence electrons. The summed E-state index contributed by atoms with van der Waals surface area (Å²) >= 11 is 0. The van der Waals surface area contributed by atoms with Crippen molar-refractivity contribution in [1.82, 2.24) is 19.9 Å². The highest BCUT2D eigenvalue weighted by molar-refractivity contribution is 5.88. The summed E-state index contributed by atoms with van der Waals surface area (Å²) in [5.74, 6) is -0.340. The monoisotopic (exact) mass is 345 g/mol. The number of aldehydes is 1. The van der Waals surface area contributed by atoms with Gasteiger partial charge in [-0.15, -0.1) is 0 Å². The number of hydrogen-bond donors (Lipinski definition) is 1. The summed E-state index contributed by atoms with van der Waals surface area (Å²) in [5.41, 5.74) is 0.827. The second-order valence-corrected chi connectivity index (χ2v) is 4.91. The Bertz CT molecular complexity index is 883. The number of halogens is 3. The molecule has 9 heteroatoms. The Morgan fingerprint density at radius 2 is 1.72 bits per heavy atom. The van der Waals surface area contributed by atoms with E-state index in [2.05, 4.69) is 25.3 Å². The van der Waals surface area contributed by atoms with E-state index in [0.29, 0.717) is 23.5 Å². The van der Waals surface area contributed by atoms with Gasteiger partial charge in [-0.2, -0.15) is 13.2 Å². The Kier molecular flexibility index (Phi) is 4.38. The summed E-state index contributed by atoms with van der Waals surface area (Å²) in [6.45, 7) is 0. The molecule has 0 bridgehead atoms. The van der Waals surface area contributed by atoms with E-state index in [9.17, 15) is 18.0 Å². The van der Waals surface area contributed by atoms with Gasteiger partial charge in [-0.05, 0) is 18.2 Å². The highest BCUT2D eigenvalue weighted by Gasteiger charge is 2.34. The van der Waals surface area contributed by atoms with Crippen molar-refractivity contribution in [2.24, 2.45) is 0 Å². The number of alkyl halides is 3. The van der Waals surface area contributed by atoms with E-state index in [4.69, 9.17) is 0 Å². The molecule has 0 saturated carbocycles. The summed E-state index contributed by atoms with van der Waals surface area (Å²) in [6.07, 6.45) is 0.865. The van der Waals surface area contributed by atoms with Crippen LogP contribution in [0.1, 0.15) is 16.2 Å². The zero-order valence-corrected chi connectivity index (χ0v) is 12.5. The van der Waals surface area contributed by atoms with E-state index in [0.717, 1.165) is 12.4 Å². The molecule has 0 atom stereocenters. The lowest BCUT2D eigenvalue weighted by atomic mass is 10.1. The van der Waals surface area contributed by atoms with Crippen LogP contribution in [0, 0.1) is 0 Å². The minimum absolute atomic E-state index is 0.204. The number of pyridine rings is 2. The number of anilines is 2. The molecule has 3 aromatic heterocycles. The van der Waals surface area contributed by atoms with E-state index >= 15 is 0 Å². The number of nitrogens with one attached hydrogen (secondary N) is 1. The molecule has 3 heterocycles. The third-order valence-corrected chi connectivity index (χ3v) is 3.20. The van der Waals surface area contributed by atoms with Crippen molar-refractivity contribution in [3.63, 3.8) is 0 Å². The van der Waals surface area contributed by atoms with Gasteiger partial charge in [0.1, 0.15) is 11.6 Å². The second kappa shape index (κ2) is 6.63. The van der Waals surface area contributed by atoms with Crippen LogP contribution in [0.25, 0.3) is 11.1 Å². The van der Waals surface area contributed by atoms with Crippen LogP contribution in [-0.4, -0.2) is 26.2 Å². The van der Waals surface area contributed by atoms with Gasteiger partial charge < -0.3 is 5.32 Å². The maximum atomic E-state index is 12.6. The van der Waals surface area contributed by atoms with Crippen LogP contribution >= 0.6 is 0 Å². The highest BCUT2D eigenvalue weighted by Crippen LogP contribution is 2.28. The molecule has 1 N–H and O–H groups in total. The second-order valence-electron chi connectivity index (χ2n) is 4.91. The van der Waals surface area contributed by atoms with Gasteiger partial charge >= 0.3 is 6.18 Å². The predicted molar refractivity (Wildman–Crippen MR) is 83.2 cm³/mol. The largest absolute Gasteiger partial charge is 0.451 e. The van der Waals surface area contributed by atoms with Gasteiger partial charge in [-0.3, -0.25) is 4.79 Å². The molecular formula is C16H10F3N5O. The Labute approximate surface area is 139 Å². The lowest BCUT2D eigenvalue weighted by Gasteiger charge is -2.10. The summed E-state index contributed by atoms with van der Waals surface area (Å²) in [5, 5.41) is 2.94. The first kappa shape index (κ1) is 16.5. The molecule has 6 nitrogen and oxygen atoms in total. The molecule has 25 heavy (non-hydrogen) atoms. The zero-order chi connectivity index (χ0) is 17.9. The van der Waals surface area contributed by atoms with E-state index < -0.39 is 12.0 Å². The molecule has 0 radical (unpaired) electrons. The third kappa shape index (κ3) is 3.77. The Hall–Kier alpha value is -3.36. The summed E-state index contributed by atoms with van der Waals surface area (Å²) in [7, 11) is 0. The Morgan fingerprint density at radius 3 is 2.32 bits per heavy atom. The van der Waals surface area contributed by atoms with Gasteiger partial charge in [-0.1, -0.05) is 6.07 Å². The number of carbonyl (C=O) groups is 1. The van der Waals surface area contributed by atoms with Crippen molar-refractivity contribution >= 4 is 17.9 Å². The van der Waals surface area contributed by atoms with Gasteiger partial charge in [0.05, 0.1) is 0 Å². The fraction of sp³-hybridized carbons (Fsp3) is 0.0625. The van der Waals surface area contributed by atoms with E-state index in [1.165, 1.54) is 12.3 Å². The summed E-state index contributed by atoms with van der Waals surface area (Å²) in [4.78, 5) is 26.0. The van der Waals surface area contributed by atoms with Crippen molar-refractivity contribution < 1.29 is 18.0 Å². The maximum Gasteiger partial charge on any atom is 0.451 e. The fourth-order valence-electron chi connectivity index (χ4n) is 2.06. The van der Waals surface area contributed by atoms with Crippen LogP contribution < -0.4 is 5.32 Å². The van der Waals surface area contributed by atoms with Gasteiger partial charge in [0.15, 0.2) is 6.29 Å². The normalized spacial score (nSPS) is 11.2. The number of carbonyl (C=O) groups excluding carboxylic acids is 1. The topological polar surface area (TPSA) is 80.7 Å². The molecule has 0 aromatic carbocycles. The minimum atomic E-state index is -4.63. The summed E-state index contributed by atoms with van der Waals surface area (Å²) in [6, 6.07) is 6.76. The van der Waals surface area contributed by atoms with Crippen LogP contribution in [0.3, 0.4) is 0 Å². The van der Waals surface area contributed by atoms with Gasteiger partial charge in [-0.25, -0.2) is 19.9 Å². The number of aromatic nitrogens is 4. The number of nitrogens with zero attached hydrogens (tertiary/aromatic N) is 4. The lowest BCUT2D eigenvalue weighted by molar-refractivity contribution is -0.144. The van der Waals surface area contributed by atoms with Crippen molar-refractivity contribution in [3.8, 4) is 11.1 Å². The minimum Gasteiger partial charge on any atom is -0.325 e. The van der Waals surface area contributed by atoms with Crippen LogP contribution in [0.2, 0.25) is 0 Å². The van der Waals surface area contributed by atoms with Crippen molar-refractivity contribution in [2.45, 2.75) is 6.18 Å². The SMILES string of the molecule is O=Cc1cnc(Nc2ccccn2)cc1-c1cnc(C(F)(F)F)nc1. The first-order valence-electron chi connectivity index (χ1n) is 7.00. The average molecular weight is 345 g/mol. The Morgan fingerprint density at radius 1 is 0.960 bits per heavy atom. The van der Waals surface area contributed by atoms with Gasteiger partial charge in [0.25, 0.3) is 0 Å². The summed E-state index contributed by atoms with van der Waals surface area (Å²) < 4.78 is 37.7. The van der Waals surface area contributed by atoms with Crippen molar-refractivity contribution in [1.29, 1.82) is 0 Å².